The average molecular weight is 228 g/mol. The molecule has 0 fully saturated rings. The maximum absolute atomic E-state index is 13.3. The summed E-state index contributed by atoms with van der Waals surface area (Å²) >= 11 is 1.44. The summed E-state index contributed by atoms with van der Waals surface area (Å²) in [4.78, 5) is 11.0. The molecule has 0 bridgehead atoms. The molecule has 0 aromatic heterocycles. The number of rotatable bonds is 6. The fraction of sp³-hybridized carbons (Fsp3) is 0.364. The number of benzene rings is 1. The minimum Gasteiger partial charge on any atom is -0.385 e. The molecule has 1 rings (SSSR count). The molecule has 0 radical (unpaired) electrons. The van der Waals surface area contributed by atoms with Crippen LogP contribution in [-0.2, 0) is 4.74 Å². The van der Waals surface area contributed by atoms with E-state index in [2.05, 4.69) is 0 Å². The molecule has 0 atom stereocenters. The lowest BCUT2D eigenvalue weighted by molar-refractivity contribution is 0.112. The Hall–Kier alpha value is -0.870. The summed E-state index contributed by atoms with van der Waals surface area (Å²) in [6.45, 7) is 0.682. The molecule has 4 heteroatoms. The molecular weight excluding hydrogens is 215 g/mol. The van der Waals surface area contributed by atoms with E-state index >= 15 is 0 Å². The number of carbonyl (C=O) groups excluding carboxylic acids is 1. The van der Waals surface area contributed by atoms with Crippen molar-refractivity contribution in [2.75, 3.05) is 19.5 Å². The standard InChI is InChI=1S/C11H13FO2S/c1-14-5-2-6-15-11-4-3-9(8-13)7-10(11)12/h3-4,7-8H,2,5-6H2,1H3. The Bertz CT molecular complexity index is 328. The lowest BCUT2D eigenvalue weighted by Crippen LogP contribution is -1.92. The smallest absolute Gasteiger partial charge is 0.150 e. The molecule has 1 aromatic carbocycles. The van der Waals surface area contributed by atoms with E-state index in [1.165, 1.54) is 17.8 Å². The predicted molar refractivity (Wildman–Crippen MR) is 59.0 cm³/mol. The van der Waals surface area contributed by atoms with Crippen molar-refractivity contribution in [3.8, 4) is 0 Å². The van der Waals surface area contributed by atoms with Crippen LogP contribution in [0.2, 0.25) is 0 Å². The van der Waals surface area contributed by atoms with Crippen LogP contribution in [0.15, 0.2) is 23.1 Å². The topological polar surface area (TPSA) is 26.3 Å². The van der Waals surface area contributed by atoms with Crippen molar-refractivity contribution >= 4 is 18.0 Å². The molecule has 0 saturated carbocycles. The third-order valence-corrected chi connectivity index (χ3v) is 2.98. The first-order chi connectivity index (χ1) is 7.27. The minimum absolute atomic E-state index is 0.331. The van der Waals surface area contributed by atoms with E-state index in [1.807, 2.05) is 0 Å². The summed E-state index contributed by atoms with van der Waals surface area (Å²) in [7, 11) is 1.64. The summed E-state index contributed by atoms with van der Waals surface area (Å²) in [6, 6.07) is 4.51. The van der Waals surface area contributed by atoms with Crippen LogP contribution in [0.4, 0.5) is 4.39 Å². The van der Waals surface area contributed by atoms with Crippen LogP contribution >= 0.6 is 11.8 Å². The summed E-state index contributed by atoms with van der Waals surface area (Å²) in [6.07, 6.45) is 1.53. The van der Waals surface area contributed by atoms with Gasteiger partial charge in [0.1, 0.15) is 12.1 Å². The van der Waals surface area contributed by atoms with Crippen LogP contribution in [0.25, 0.3) is 0 Å². The second-order valence-electron chi connectivity index (χ2n) is 3.00. The van der Waals surface area contributed by atoms with Crippen molar-refractivity contribution in [3.63, 3.8) is 0 Å². The van der Waals surface area contributed by atoms with Crippen molar-refractivity contribution in [1.82, 2.24) is 0 Å². The molecule has 0 N–H and O–H groups in total. The van der Waals surface area contributed by atoms with Crippen LogP contribution in [0, 0.1) is 5.82 Å². The molecule has 0 unspecified atom stereocenters. The van der Waals surface area contributed by atoms with Crippen LogP contribution in [0.3, 0.4) is 0 Å². The molecule has 15 heavy (non-hydrogen) atoms. The Morgan fingerprint density at radius 3 is 2.93 bits per heavy atom. The van der Waals surface area contributed by atoms with E-state index in [0.717, 1.165) is 12.2 Å². The van der Waals surface area contributed by atoms with Gasteiger partial charge in [0.05, 0.1) is 0 Å². The third kappa shape index (κ3) is 4.01. The number of halogens is 1. The molecule has 0 aliphatic rings. The van der Waals surface area contributed by atoms with Gasteiger partial charge in [-0.3, -0.25) is 4.79 Å². The zero-order valence-electron chi connectivity index (χ0n) is 8.53. The van der Waals surface area contributed by atoms with Gasteiger partial charge in [-0.15, -0.1) is 11.8 Å². The van der Waals surface area contributed by atoms with Gasteiger partial charge in [-0.05, 0) is 18.6 Å². The lowest BCUT2D eigenvalue weighted by Gasteiger charge is -2.03. The summed E-state index contributed by atoms with van der Waals surface area (Å²) in [5, 5.41) is 0. The van der Waals surface area contributed by atoms with Gasteiger partial charge >= 0.3 is 0 Å². The van der Waals surface area contributed by atoms with Crippen LogP contribution < -0.4 is 0 Å². The Kier molecular flexibility index (Phi) is 5.36. The van der Waals surface area contributed by atoms with E-state index in [1.54, 1.807) is 19.2 Å². The molecule has 0 heterocycles. The first kappa shape index (κ1) is 12.2. The molecule has 0 amide bonds. The number of methoxy groups -OCH3 is 1. The Balaban J connectivity index is 2.50. The van der Waals surface area contributed by atoms with Gasteiger partial charge < -0.3 is 4.74 Å². The van der Waals surface area contributed by atoms with E-state index in [9.17, 15) is 9.18 Å². The minimum atomic E-state index is -0.331. The predicted octanol–water partition coefficient (Wildman–Crippen LogP) is 2.77. The van der Waals surface area contributed by atoms with Gasteiger partial charge in [0.2, 0.25) is 0 Å². The van der Waals surface area contributed by atoms with Gasteiger partial charge in [-0.25, -0.2) is 4.39 Å². The van der Waals surface area contributed by atoms with Crippen molar-refractivity contribution < 1.29 is 13.9 Å². The fourth-order valence-corrected chi connectivity index (χ4v) is 1.94. The second kappa shape index (κ2) is 6.58. The monoisotopic (exact) mass is 228 g/mol. The van der Waals surface area contributed by atoms with Gasteiger partial charge in [-0.2, -0.15) is 0 Å². The second-order valence-corrected chi connectivity index (χ2v) is 4.14. The Morgan fingerprint density at radius 1 is 1.53 bits per heavy atom. The maximum atomic E-state index is 13.3. The summed E-state index contributed by atoms with van der Waals surface area (Å²) in [5.41, 5.74) is 0.369. The number of ether oxygens (including phenoxy) is 1. The summed E-state index contributed by atoms with van der Waals surface area (Å²) in [5.74, 6) is 0.479. The first-order valence-electron chi connectivity index (χ1n) is 4.64. The number of aldehydes is 1. The quantitative estimate of drug-likeness (QED) is 0.425. The van der Waals surface area contributed by atoms with E-state index < -0.39 is 0 Å². The van der Waals surface area contributed by atoms with Crippen LogP contribution in [-0.4, -0.2) is 25.8 Å². The van der Waals surface area contributed by atoms with Crippen molar-refractivity contribution in [3.05, 3.63) is 29.6 Å². The largest absolute Gasteiger partial charge is 0.385 e. The highest BCUT2D eigenvalue weighted by Gasteiger charge is 2.03. The molecule has 82 valence electrons. The van der Waals surface area contributed by atoms with Gasteiger partial charge in [-0.1, -0.05) is 6.07 Å². The van der Waals surface area contributed by atoms with Gasteiger partial charge in [0, 0.05) is 29.9 Å². The van der Waals surface area contributed by atoms with Gasteiger partial charge in [0.15, 0.2) is 0 Å². The highest BCUT2D eigenvalue weighted by Crippen LogP contribution is 2.22. The normalized spacial score (nSPS) is 10.3. The number of hydrogen-bond donors (Lipinski definition) is 0. The summed E-state index contributed by atoms with van der Waals surface area (Å²) < 4.78 is 18.2. The van der Waals surface area contributed by atoms with E-state index in [-0.39, 0.29) is 5.82 Å². The average Bonchev–Trinajstić information content (AvgIpc) is 2.26. The Morgan fingerprint density at radius 2 is 2.33 bits per heavy atom. The first-order valence-corrected chi connectivity index (χ1v) is 5.63. The molecule has 0 saturated heterocycles. The molecule has 0 spiro atoms. The van der Waals surface area contributed by atoms with Crippen LogP contribution in [0.1, 0.15) is 16.8 Å². The SMILES string of the molecule is COCCCSc1ccc(C=O)cc1F. The fourth-order valence-electron chi connectivity index (χ4n) is 1.09. The van der Waals surface area contributed by atoms with Crippen LogP contribution in [0.5, 0.6) is 0 Å². The van der Waals surface area contributed by atoms with Crippen molar-refractivity contribution in [2.24, 2.45) is 0 Å². The zero-order chi connectivity index (χ0) is 11.1. The third-order valence-electron chi connectivity index (χ3n) is 1.84. The van der Waals surface area contributed by atoms with Crippen molar-refractivity contribution in [2.45, 2.75) is 11.3 Å². The number of thioether (sulfide) groups is 1. The van der Waals surface area contributed by atoms with Crippen molar-refractivity contribution in [1.29, 1.82) is 0 Å². The van der Waals surface area contributed by atoms with Gasteiger partial charge in [0.25, 0.3) is 0 Å². The zero-order valence-corrected chi connectivity index (χ0v) is 9.35. The maximum Gasteiger partial charge on any atom is 0.150 e. The highest BCUT2D eigenvalue weighted by molar-refractivity contribution is 7.99. The molecule has 2 nitrogen and oxygen atoms in total. The molecular formula is C11H13FO2S. The molecule has 0 aliphatic carbocycles. The highest BCUT2D eigenvalue weighted by atomic mass is 32.2. The number of hydrogen-bond acceptors (Lipinski definition) is 3. The van der Waals surface area contributed by atoms with E-state index in [4.69, 9.17) is 4.74 Å². The number of carbonyl (C=O) groups is 1. The molecule has 0 aliphatic heterocycles. The lowest BCUT2D eigenvalue weighted by atomic mass is 10.2. The Labute approximate surface area is 92.8 Å². The molecule has 1 aromatic rings. The van der Waals surface area contributed by atoms with E-state index in [0.29, 0.717) is 23.4 Å².